The van der Waals surface area contributed by atoms with Gasteiger partial charge in [0.05, 0.1) is 29.1 Å². The van der Waals surface area contributed by atoms with Gasteiger partial charge < -0.3 is 16.0 Å². The summed E-state index contributed by atoms with van der Waals surface area (Å²) in [6, 6.07) is 1.91. The number of carbonyl (C=O) groups is 4. The zero-order valence-electron chi connectivity index (χ0n) is 17.5. The second-order valence-electron chi connectivity index (χ2n) is 7.75. The van der Waals surface area contributed by atoms with Crippen molar-refractivity contribution < 1.29 is 41.1 Å². The molecule has 3 amide bonds. The molecule has 1 fully saturated rings. The van der Waals surface area contributed by atoms with Crippen molar-refractivity contribution in [3.8, 4) is 0 Å². The normalized spacial score (nSPS) is 18.8. The third-order valence-corrected chi connectivity index (χ3v) is 5.21. The number of carbonyl (C=O) groups excluding carboxylic acids is 4. The molecule has 1 aliphatic rings. The van der Waals surface area contributed by atoms with E-state index in [1.807, 2.05) is 5.32 Å². The van der Waals surface area contributed by atoms with Crippen LogP contribution in [0.1, 0.15) is 36.5 Å². The van der Waals surface area contributed by atoms with Gasteiger partial charge in [-0.15, -0.1) is 0 Å². The standard InChI is InChI=1S/C20H21ClF5N3O4/c1-19(22,23)6-5-14(15(30)18(33)27-2)29-17(32)11-7-9(21)3-4-13(11)28-16(31)10-8-12(10)20(24,25)26/h3-4,7,10,12,14H,5-6,8H2,1-2H3,(H,27,33)(H,28,31)(H,29,32)/t10?,12?,14-/m0/s1. The van der Waals surface area contributed by atoms with Crippen molar-refractivity contribution in [2.24, 2.45) is 11.8 Å². The SMILES string of the molecule is CNC(=O)C(=O)[C@H](CCC(C)(F)F)NC(=O)c1cc(Cl)ccc1NC(=O)C1CC1C(F)(F)F. The molecule has 0 spiro atoms. The average molecular weight is 498 g/mol. The third-order valence-electron chi connectivity index (χ3n) is 4.98. The molecule has 3 atom stereocenters. The summed E-state index contributed by atoms with van der Waals surface area (Å²) < 4.78 is 64.8. The number of rotatable bonds is 9. The van der Waals surface area contributed by atoms with Crippen LogP contribution in [0.25, 0.3) is 0 Å². The third kappa shape index (κ3) is 7.37. The number of anilines is 1. The molecule has 1 aromatic carbocycles. The molecule has 13 heteroatoms. The van der Waals surface area contributed by atoms with Crippen molar-refractivity contribution in [3.05, 3.63) is 28.8 Å². The van der Waals surface area contributed by atoms with Gasteiger partial charge in [-0.3, -0.25) is 19.2 Å². The molecule has 0 radical (unpaired) electrons. The number of ketones is 1. The average Bonchev–Trinajstić information content (AvgIpc) is 3.52. The molecular weight excluding hydrogens is 477 g/mol. The minimum Gasteiger partial charge on any atom is -0.353 e. The van der Waals surface area contributed by atoms with Crippen LogP contribution in [0.3, 0.4) is 0 Å². The van der Waals surface area contributed by atoms with Crippen molar-refractivity contribution in [2.75, 3.05) is 12.4 Å². The molecule has 3 N–H and O–H groups in total. The van der Waals surface area contributed by atoms with E-state index in [-0.39, 0.29) is 16.3 Å². The fourth-order valence-corrected chi connectivity index (χ4v) is 3.24. The first-order chi connectivity index (χ1) is 15.1. The van der Waals surface area contributed by atoms with E-state index in [0.717, 1.165) is 13.1 Å². The van der Waals surface area contributed by atoms with Gasteiger partial charge in [0.15, 0.2) is 0 Å². The molecule has 0 heterocycles. The Morgan fingerprint density at radius 1 is 1.15 bits per heavy atom. The summed E-state index contributed by atoms with van der Waals surface area (Å²) in [7, 11) is 1.14. The first-order valence-corrected chi connectivity index (χ1v) is 10.1. The quantitative estimate of drug-likeness (QED) is 0.359. The zero-order chi connectivity index (χ0) is 25.1. The number of halogens is 6. The minimum absolute atomic E-state index is 0.0204. The van der Waals surface area contributed by atoms with Gasteiger partial charge in [-0.1, -0.05) is 11.6 Å². The Labute approximate surface area is 190 Å². The maximum absolute atomic E-state index is 13.3. The van der Waals surface area contributed by atoms with E-state index in [1.54, 1.807) is 0 Å². The van der Waals surface area contributed by atoms with Crippen LogP contribution in [0.15, 0.2) is 18.2 Å². The smallest absolute Gasteiger partial charge is 0.353 e. The molecular formula is C20H21ClF5N3O4. The first kappa shape index (κ1) is 26.5. The Kier molecular flexibility index (Phi) is 8.04. The largest absolute Gasteiger partial charge is 0.392 e. The summed E-state index contributed by atoms with van der Waals surface area (Å²) in [4.78, 5) is 48.9. The van der Waals surface area contributed by atoms with Gasteiger partial charge in [-0.2, -0.15) is 13.2 Å². The summed E-state index contributed by atoms with van der Waals surface area (Å²) in [6.07, 6.45) is -6.31. The van der Waals surface area contributed by atoms with Crippen molar-refractivity contribution in [2.45, 2.75) is 44.3 Å². The van der Waals surface area contributed by atoms with Crippen molar-refractivity contribution in [3.63, 3.8) is 0 Å². The topological polar surface area (TPSA) is 104 Å². The summed E-state index contributed by atoms with van der Waals surface area (Å²) in [5.74, 6) is -10.6. The molecule has 1 aromatic rings. The maximum atomic E-state index is 13.3. The van der Waals surface area contributed by atoms with Gasteiger partial charge in [0.1, 0.15) is 0 Å². The Hall–Kier alpha value is -2.76. The molecule has 0 bridgehead atoms. The monoisotopic (exact) mass is 497 g/mol. The number of hydrogen-bond donors (Lipinski definition) is 3. The Balaban J connectivity index is 2.22. The van der Waals surface area contributed by atoms with Crippen LogP contribution in [0, 0.1) is 11.8 Å². The highest BCUT2D eigenvalue weighted by molar-refractivity contribution is 6.38. The zero-order valence-corrected chi connectivity index (χ0v) is 18.2. The lowest BCUT2D eigenvalue weighted by Gasteiger charge is -2.20. The predicted molar refractivity (Wildman–Crippen MR) is 108 cm³/mol. The van der Waals surface area contributed by atoms with Crippen molar-refractivity contribution in [1.82, 2.24) is 10.6 Å². The Morgan fingerprint density at radius 3 is 2.30 bits per heavy atom. The van der Waals surface area contributed by atoms with Crippen LogP contribution in [0.5, 0.6) is 0 Å². The molecule has 1 saturated carbocycles. The molecule has 0 aromatic heterocycles. The van der Waals surface area contributed by atoms with Gasteiger partial charge in [-0.25, -0.2) is 8.78 Å². The number of likely N-dealkylation sites (N-methyl/N-ethyl adjacent to an activating group) is 1. The van der Waals surface area contributed by atoms with E-state index in [9.17, 15) is 41.1 Å². The van der Waals surface area contributed by atoms with Crippen LogP contribution in [0.2, 0.25) is 5.02 Å². The van der Waals surface area contributed by atoms with Gasteiger partial charge in [0.2, 0.25) is 17.6 Å². The van der Waals surface area contributed by atoms with E-state index >= 15 is 0 Å². The second kappa shape index (κ2) is 10.0. The van der Waals surface area contributed by atoms with Crippen LogP contribution in [-0.4, -0.2) is 48.7 Å². The molecule has 2 rings (SSSR count). The lowest BCUT2D eigenvalue weighted by molar-refractivity contribution is -0.153. The maximum Gasteiger partial charge on any atom is 0.392 e. The van der Waals surface area contributed by atoms with Crippen LogP contribution < -0.4 is 16.0 Å². The molecule has 33 heavy (non-hydrogen) atoms. The molecule has 0 saturated heterocycles. The summed E-state index contributed by atoms with van der Waals surface area (Å²) in [6.45, 7) is 0.604. The predicted octanol–water partition coefficient (Wildman–Crippen LogP) is 3.33. The molecule has 1 aliphatic carbocycles. The van der Waals surface area contributed by atoms with Gasteiger partial charge >= 0.3 is 6.18 Å². The number of hydrogen-bond acceptors (Lipinski definition) is 4. The molecule has 182 valence electrons. The van der Waals surface area contributed by atoms with Crippen LogP contribution >= 0.6 is 11.6 Å². The lowest BCUT2D eigenvalue weighted by atomic mass is 10.0. The first-order valence-electron chi connectivity index (χ1n) is 9.75. The minimum atomic E-state index is -4.53. The lowest BCUT2D eigenvalue weighted by Crippen LogP contribution is -2.47. The van der Waals surface area contributed by atoms with Crippen molar-refractivity contribution >= 4 is 40.8 Å². The van der Waals surface area contributed by atoms with Crippen molar-refractivity contribution in [1.29, 1.82) is 0 Å². The van der Waals surface area contributed by atoms with E-state index in [1.165, 1.54) is 12.1 Å². The summed E-state index contributed by atoms with van der Waals surface area (Å²) >= 11 is 5.88. The van der Waals surface area contributed by atoms with E-state index in [4.69, 9.17) is 11.6 Å². The molecule has 0 aliphatic heterocycles. The van der Waals surface area contributed by atoms with Gasteiger partial charge in [-0.05, 0) is 38.0 Å². The van der Waals surface area contributed by atoms with E-state index < -0.39 is 72.7 Å². The van der Waals surface area contributed by atoms with Crippen LogP contribution in [-0.2, 0) is 14.4 Å². The van der Waals surface area contributed by atoms with Gasteiger partial charge in [0, 0.05) is 18.5 Å². The highest BCUT2D eigenvalue weighted by Crippen LogP contribution is 2.50. The fourth-order valence-electron chi connectivity index (χ4n) is 3.07. The summed E-state index contributed by atoms with van der Waals surface area (Å²) in [5.41, 5.74) is -0.514. The van der Waals surface area contributed by atoms with Crippen LogP contribution in [0.4, 0.5) is 27.6 Å². The molecule has 2 unspecified atom stereocenters. The highest BCUT2D eigenvalue weighted by Gasteiger charge is 2.58. The summed E-state index contributed by atoms with van der Waals surface area (Å²) in [5, 5.41) is 6.46. The Bertz CT molecular complexity index is 949. The van der Waals surface area contributed by atoms with E-state index in [0.29, 0.717) is 6.92 Å². The van der Waals surface area contributed by atoms with Gasteiger partial charge in [0.25, 0.3) is 11.8 Å². The Morgan fingerprint density at radius 2 is 1.79 bits per heavy atom. The second-order valence-corrected chi connectivity index (χ2v) is 8.18. The number of amides is 3. The number of Topliss-reactive ketones (excluding diaryl/α,β-unsaturated/α-hetero) is 1. The number of nitrogens with one attached hydrogen (secondary N) is 3. The number of alkyl halides is 5. The number of benzene rings is 1. The highest BCUT2D eigenvalue weighted by atomic mass is 35.5. The molecule has 7 nitrogen and oxygen atoms in total. The van der Waals surface area contributed by atoms with E-state index in [2.05, 4.69) is 10.6 Å². The fraction of sp³-hybridized carbons (Fsp3) is 0.500.